The van der Waals surface area contributed by atoms with Gasteiger partial charge in [0.15, 0.2) is 0 Å². The summed E-state index contributed by atoms with van der Waals surface area (Å²) < 4.78 is 0. The predicted molar refractivity (Wildman–Crippen MR) is 83.9 cm³/mol. The molecule has 114 valence electrons. The molecule has 0 bridgehead atoms. The van der Waals surface area contributed by atoms with Crippen LogP contribution in [0.15, 0.2) is 30.3 Å². The lowest BCUT2D eigenvalue weighted by Gasteiger charge is -2.34. The maximum absolute atomic E-state index is 12.6. The number of amides is 1. The summed E-state index contributed by atoms with van der Waals surface area (Å²) in [5, 5.41) is 0. The number of hydrogen-bond acceptors (Lipinski definition) is 3. The van der Waals surface area contributed by atoms with E-state index in [1.807, 2.05) is 6.07 Å². The Hall–Kier alpha value is -1.39. The third kappa shape index (κ3) is 3.63. The molecule has 4 heteroatoms. The van der Waals surface area contributed by atoms with Crippen LogP contribution in [0.5, 0.6) is 0 Å². The van der Waals surface area contributed by atoms with Crippen LogP contribution in [-0.4, -0.2) is 66.9 Å². The summed E-state index contributed by atoms with van der Waals surface area (Å²) >= 11 is 0. The van der Waals surface area contributed by atoms with Crippen LogP contribution in [0.25, 0.3) is 0 Å². The fraction of sp³-hybridized carbons (Fsp3) is 0.588. The van der Waals surface area contributed by atoms with Crippen LogP contribution in [0, 0.1) is 5.92 Å². The van der Waals surface area contributed by atoms with Gasteiger partial charge in [0.1, 0.15) is 0 Å². The van der Waals surface area contributed by atoms with E-state index in [9.17, 15) is 4.79 Å². The number of likely N-dealkylation sites (tertiary alicyclic amines) is 1. The first-order valence-electron chi connectivity index (χ1n) is 7.96. The second-order valence-electron chi connectivity index (χ2n) is 6.33. The molecular weight excluding hydrogens is 262 g/mol. The Morgan fingerprint density at radius 3 is 2.52 bits per heavy atom. The van der Waals surface area contributed by atoms with E-state index < -0.39 is 0 Å². The summed E-state index contributed by atoms with van der Waals surface area (Å²) in [7, 11) is 2.12. The Morgan fingerprint density at radius 1 is 1.10 bits per heavy atom. The van der Waals surface area contributed by atoms with E-state index in [0.29, 0.717) is 5.91 Å². The molecule has 2 heterocycles. The first-order chi connectivity index (χ1) is 10.2. The van der Waals surface area contributed by atoms with Crippen LogP contribution in [0.2, 0.25) is 0 Å². The number of carbonyl (C=O) groups excluding carboxylic acids is 1. The standard InChI is InChI=1S/C17H25N3O/c1-18-9-11-20(12-10-18)17(21)16-7-8-19(14-16)13-15-5-3-2-4-6-15/h2-6,16H,7-14H2,1H3. The maximum Gasteiger partial charge on any atom is 0.227 e. The number of benzene rings is 1. The van der Waals surface area contributed by atoms with Gasteiger partial charge in [-0.2, -0.15) is 0 Å². The van der Waals surface area contributed by atoms with E-state index in [-0.39, 0.29) is 5.92 Å². The molecular formula is C17H25N3O. The first-order valence-corrected chi connectivity index (χ1v) is 7.96. The Kier molecular flexibility index (Phi) is 4.56. The molecule has 2 saturated heterocycles. The van der Waals surface area contributed by atoms with Crippen molar-refractivity contribution < 1.29 is 4.79 Å². The number of piperazine rings is 1. The van der Waals surface area contributed by atoms with Crippen LogP contribution in [-0.2, 0) is 11.3 Å². The van der Waals surface area contributed by atoms with Gasteiger partial charge in [0.2, 0.25) is 5.91 Å². The van der Waals surface area contributed by atoms with Gasteiger partial charge in [-0.3, -0.25) is 9.69 Å². The van der Waals surface area contributed by atoms with Crippen molar-refractivity contribution in [2.75, 3.05) is 46.3 Å². The molecule has 21 heavy (non-hydrogen) atoms. The van der Waals surface area contributed by atoms with Crippen molar-refractivity contribution in [2.24, 2.45) is 5.92 Å². The average molecular weight is 287 g/mol. The zero-order valence-electron chi connectivity index (χ0n) is 12.9. The Morgan fingerprint density at radius 2 is 1.81 bits per heavy atom. The van der Waals surface area contributed by atoms with Gasteiger partial charge in [-0.05, 0) is 25.6 Å². The third-order valence-electron chi connectivity index (χ3n) is 4.69. The highest BCUT2D eigenvalue weighted by Gasteiger charge is 2.32. The van der Waals surface area contributed by atoms with Gasteiger partial charge in [-0.1, -0.05) is 30.3 Å². The SMILES string of the molecule is CN1CCN(C(=O)C2CCN(Cc3ccccc3)C2)CC1. The van der Waals surface area contributed by atoms with Gasteiger partial charge in [0.05, 0.1) is 5.92 Å². The van der Waals surface area contributed by atoms with Gasteiger partial charge in [-0.15, -0.1) is 0 Å². The molecule has 0 aromatic heterocycles. The smallest absolute Gasteiger partial charge is 0.227 e. The van der Waals surface area contributed by atoms with E-state index in [1.54, 1.807) is 0 Å². The van der Waals surface area contributed by atoms with Crippen molar-refractivity contribution in [3.05, 3.63) is 35.9 Å². The highest BCUT2D eigenvalue weighted by atomic mass is 16.2. The molecule has 1 atom stereocenters. The maximum atomic E-state index is 12.6. The Bertz CT molecular complexity index is 468. The topological polar surface area (TPSA) is 26.8 Å². The lowest BCUT2D eigenvalue weighted by atomic mass is 10.1. The largest absolute Gasteiger partial charge is 0.340 e. The van der Waals surface area contributed by atoms with Crippen LogP contribution < -0.4 is 0 Å². The quantitative estimate of drug-likeness (QED) is 0.838. The van der Waals surface area contributed by atoms with Gasteiger partial charge >= 0.3 is 0 Å². The Balaban J connectivity index is 1.51. The Labute approximate surface area is 127 Å². The molecule has 0 saturated carbocycles. The lowest BCUT2D eigenvalue weighted by molar-refractivity contribution is -0.136. The molecule has 0 radical (unpaired) electrons. The van der Waals surface area contributed by atoms with E-state index in [0.717, 1.165) is 52.2 Å². The molecule has 2 fully saturated rings. The first kappa shape index (κ1) is 14.5. The predicted octanol–water partition coefficient (Wildman–Crippen LogP) is 1.28. The zero-order chi connectivity index (χ0) is 14.7. The van der Waals surface area contributed by atoms with E-state index in [2.05, 4.69) is 46.0 Å². The van der Waals surface area contributed by atoms with Crippen LogP contribution in [0.1, 0.15) is 12.0 Å². The van der Waals surface area contributed by atoms with Gasteiger partial charge in [0, 0.05) is 39.3 Å². The van der Waals surface area contributed by atoms with Crippen molar-refractivity contribution in [3.8, 4) is 0 Å². The van der Waals surface area contributed by atoms with E-state index in [4.69, 9.17) is 0 Å². The van der Waals surface area contributed by atoms with E-state index >= 15 is 0 Å². The number of rotatable bonds is 3. The van der Waals surface area contributed by atoms with Crippen molar-refractivity contribution >= 4 is 5.91 Å². The van der Waals surface area contributed by atoms with Crippen molar-refractivity contribution in [1.29, 1.82) is 0 Å². The molecule has 0 N–H and O–H groups in total. The normalized spacial score (nSPS) is 24.4. The summed E-state index contributed by atoms with van der Waals surface area (Å²) in [6, 6.07) is 10.5. The number of carbonyl (C=O) groups is 1. The molecule has 1 amide bonds. The summed E-state index contributed by atoms with van der Waals surface area (Å²) in [5.41, 5.74) is 1.34. The minimum atomic E-state index is 0.206. The van der Waals surface area contributed by atoms with Gasteiger partial charge in [-0.25, -0.2) is 0 Å². The second-order valence-corrected chi connectivity index (χ2v) is 6.33. The molecule has 0 spiro atoms. The number of nitrogens with zero attached hydrogens (tertiary/aromatic N) is 3. The van der Waals surface area contributed by atoms with Crippen LogP contribution >= 0.6 is 0 Å². The van der Waals surface area contributed by atoms with Gasteiger partial charge < -0.3 is 9.80 Å². The van der Waals surface area contributed by atoms with Crippen molar-refractivity contribution in [1.82, 2.24) is 14.7 Å². The minimum absolute atomic E-state index is 0.206. The van der Waals surface area contributed by atoms with Crippen LogP contribution in [0.3, 0.4) is 0 Å². The van der Waals surface area contributed by atoms with Crippen LogP contribution in [0.4, 0.5) is 0 Å². The molecule has 2 aliphatic rings. The molecule has 2 aliphatic heterocycles. The molecule has 3 rings (SSSR count). The fourth-order valence-corrected chi connectivity index (χ4v) is 3.30. The molecule has 4 nitrogen and oxygen atoms in total. The summed E-state index contributed by atoms with van der Waals surface area (Å²) in [6.07, 6.45) is 1.01. The minimum Gasteiger partial charge on any atom is -0.340 e. The lowest BCUT2D eigenvalue weighted by Crippen LogP contribution is -2.49. The fourth-order valence-electron chi connectivity index (χ4n) is 3.30. The molecule has 1 aromatic carbocycles. The summed E-state index contributed by atoms with van der Waals surface area (Å²) in [6.45, 7) is 6.72. The zero-order valence-corrected chi connectivity index (χ0v) is 12.9. The number of hydrogen-bond donors (Lipinski definition) is 0. The highest BCUT2D eigenvalue weighted by molar-refractivity contribution is 5.79. The molecule has 1 aromatic rings. The van der Waals surface area contributed by atoms with Crippen molar-refractivity contribution in [3.63, 3.8) is 0 Å². The number of likely N-dealkylation sites (N-methyl/N-ethyl adjacent to an activating group) is 1. The van der Waals surface area contributed by atoms with Gasteiger partial charge in [0.25, 0.3) is 0 Å². The summed E-state index contributed by atoms with van der Waals surface area (Å²) in [5.74, 6) is 0.579. The highest BCUT2D eigenvalue weighted by Crippen LogP contribution is 2.21. The monoisotopic (exact) mass is 287 g/mol. The van der Waals surface area contributed by atoms with E-state index in [1.165, 1.54) is 5.56 Å². The third-order valence-corrected chi connectivity index (χ3v) is 4.69. The second kappa shape index (κ2) is 6.58. The molecule has 0 aliphatic carbocycles. The average Bonchev–Trinajstić information content (AvgIpc) is 2.97. The summed E-state index contributed by atoms with van der Waals surface area (Å²) in [4.78, 5) is 19.4. The molecule has 1 unspecified atom stereocenters. The van der Waals surface area contributed by atoms with Crippen molar-refractivity contribution in [2.45, 2.75) is 13.0 Å².